The van der Waals surface area contributed by atoms with Crippen LogP contribution in [0.5, 0.6) is 11.5 Å². The molecule has 3 N–H and O–H groups in total. The summed E-state index contributed by atoms with van der Waals surface area (Å²) in [6, 6.07) is 15.2. The van der Waals surface area contributed by atoms with Gasteiger partial charge in [-0.25, -0.2) is 14.8 Å². The lowest BCUT2D eigenvalue weighted by atomic mass is 10.2. The van der Waals surface area contributed by atoms with E-state index >= 15 is 0 Å². The number of rotatable bonds is 6. The molecule has 0 fully saturated rings. The highest BCUT2D eigenvalue weighted by Gasteiger charge is 2.10. The van der Waals surface area contributed by atoms with E-state index in [4.69, 9.17) is 32.7 Å². The molecule has 1 aromatic heterocycles. The van der Waals surface area contributed by atoms with Gasteiger partial charge in [0.1, 0.15) is 12.1 Å². The molecule has 0 unspecified atom stereocenters. The standard InChI is InChI=1S/C23H19Cl2N5O3/c1-32-20-8-5-15(11-21(20)33-2)28-22-16-9-13(4-7-19(16)26-12-27-22)29-23(31)30-14-3-6-17(24)18(25)10-14/h3-12H,1-2H3,(H,26,27,28)(H2,29,30,31). The Kier molecular flexibility index (Phi) is 6.67. The molecule has 0 aliphatic carbocycles. The second-order valence-corrected chi connectivity index (χ2v) is 7.67. The first-order valence-corrected chi connectivity index (χ1v) is 10.5. The Hall–Kier alpha value is -3.75. The van der Waals surface area contributed by atoms with Crippen LogP contribution < -0.4 is 25.4 Å². The van der Waals surface area contributed by atoms with Gasteiger partial charge in [0.25, 0.3) is 0 Å². The number of methoxy groups -OCH3 is 2. The summed E-state index contributed by atoms with van der Waals surface area (Å²) >= 11 is 11.9. The van der Waals surface area contributed by atoms with Crippen LogP contribution >= 0.6 is 23.2 Å². The van der Waals surface area contributed by atoms with Crippen molar-refractivity contribution >= 4 is 63.0 Å². The number of ether oxygens (including phenoxy) is 2. The van der Waals surface area contributed by atoms with Crippen molar-refractivity contribution in [2.75, 3.05) is 30.2 Å². The minimum Gasteiger partial charge on any atom is -0.493 e. The van der Waals surface area contributed by atoms with Crippen LogP contribution in [0, 0.1) is 0 Å². The molecule has 10 heteroatoms. The van der Waals surface area contributed by atoms with Crippen molar-refractivity contribution < 1.29 is 14.3 Å². The molecule has 0 atom stereocenters. The molecule has 1 heterocycles. The lowest BCUT2D eigenvalue weighted by Gasteiger charge is -2.13. The minimum atomic E-state index is -0.431. The summed E-state index contributed by atoms with van der Waals surface area (Å²) in [5.74, 6) is 1.78. The van der Waals surface area contributed by atoms with Crippen molar-refractivity contribution in [3.63, 3.8) is 0 Å². The first-order valence-electron chi connectivity index (χ1n) is 9.73. The van der Waals surface area contributed by atoms with Crippen LogP contribution in [0.3, 0.4) is 0 Å². The second kappa shape index (κ2) is 9.81. The summed E-state index contributed by atoms with van der Waals surface area (Å²) in [5.41, 5.74) is 2.54. The van der Waals surface area contributed by atoms with Crippen molar-refractivity contribution in [3.8, 4) is 11.5 Å². The Morgan fingerprint density at radius 1 is 0.788 bits per heavy atom. The van der Waals surface area contributed by atoms with Gasteiger partial charge in [0.15, 0.2) is 11.5 Å². The molecule has 4 aromatic rings. The molecule has 3 aromatic carbocycles. The molecule has 4 rings (SSSR count). The van der Waals surface area contributed by atoms with E-state index in [9.17, 15) is 4.79 Å². The molecular weight excluding hydrogens is 465 g/mol. The fourth-order valence-electron chi connectivity index (χ4n) is 3.15. The quantitative estimate of drug-likeness (QED) is 0.296. The maximum atomic E-state index is 12.5. The Bertz CT molecular complexity index is 1330. The van der Waals surface area contributed by atoms with Crippen LogP contribution in [0.1, 0.15) is 0 Å². The van der Waals surface area contributed by atoms with Crippen molar-refractivity contribution in [2.45, 2.75) is 0 Å². The molecule has 0 bridgehead atoms. The van der Waals surface area contributed by atoms with Gasteiger partial charge in [0.2, 0.25) is 0 Å². The SMILES string of the molecule is COc1ccc(Nc2ncnc3ccc(NC(=O)Nc4ccc(Cl)c(Cl)c4)cc23)cc1OC. The van der Waals surface area contributed by atoms with Crippen molar-refractivity contribution in [1.82, 2.24) is 9.97 Å². The molecule has 0 radical (unpaired) electrons. The fraction of sp³-hybridized carbons (Fsp3) is 0.0870. The summed E-state index contributed by atoms with van der Waals surface area (Å²) in [6.45, 7) is 0. The van der Waals surface area contributed by atoms with Gasteiger partial charge in [-0.3, -0.25) is 0 Å². The van der Waals surface area contributed by atoms with Gasteiger partial charge in [-0.15, -0.1) is 0 Å². The van der Waals surface area contributed by atoms with Crippen molar-refractivity contribution in [2.24, 2.45) is 0 Å². The van der Waals surface area contributed by atoms with Crippen molar-refractivity contribution in [1.29, 1.82) is 0 Å². The Morgan fingerprint density at radius 3 is 2.21 bits per heavy atom. The second-order valence-electron chi connectivity index (χ2n) is 6.86. The smallest absolute Gasteiger partial charge is 0.323 e. The van der Waals surface area contributed by atoms with Crippen molar-refractivity contribution in [3.05, 3.63) is 71.0 Å². The number of hydrogen-bond acceptors (Lipinski definition) is 6. The number of halogens is 2. The number of nitrogens with zero attached hydrogens (tertiary/aromatic N) is 2. The third-order valence-corrected chi connectivity index (χ3v) is 5.46. The zero-order valence-corrected chi connectivity index (χ0v) is 19.2. The number of hydrogen-bond donors (Lipinski definition) is 3. The number of carbonyl (C=O) groups excluding carboxylic acids is 1. The monoisotopic (exact) mass is 483 g/mol. The molecule has 0 aliphatic heterocycles. The summed E-state index contributed by atoms with van der Waals surface area (Å²) in [7, 11) is 3.15. The molecule has 0 saturated heterocycles. The van der Waals surface area contributed by atoms with Crippen LogP contribution in [0.15, 0.2) is 60.9 Å². The Labute approximate surface area is 199 Å². The normalized spacial score (nSPS) is 10.5. The minimum absolute atomic E-state index is 0.350. The van der Waals surface area contributed by atoms with E-state index in [1.165, 1.54) is 6.33 Å². The predicted molar refractivity (Wildman–Crippen MR) is 131 cm³/mol. The van der Waals surface area contributed by atoms with Gasteiger partial charge in [-0.1, -0.05) is 23.2 Å². The number of aromatic nitrogens is 2. The first-order chi connectivity index (χ1) is 16.0. The van der Waals surface area contributed by atoms with Crippen LogP contribution in [0.25, 0.3) is 10.9 Å². The molecule has 33 heavy (non-hydrogen) atoms. The average Bonchev–Trinajstić information content (AvgIpc) is 2.81. The zero-order chi connectivity index (χ0) is 23.4. The third-order valence-electron chi connectivity index (χ3n) is 4.72. The first kappa shape index (κ1) is 22.4. The van der Waals surface area contributed by atoms with Crippen LogP contribution in [0.2, 0.25) is 10.0 Å². The maximum absolute atomic E-state index is 12.5. The van der Waals surface area contributed by atoms with Gasteiger partial charge < -0.3 is 25.4 Å². The fourth-order valence-corrected chi connectivity index (χ4v) is 3.45. The van der Waals surface area contributed by atoms with E-state index < -0.39 is 6.03 Å². The number of urea groups is 1. The number of carbonyl (C=O) groups is 1. The summed E-state index contributed by atoms with van der Waals surface area (Å²) < 4.78 is 10.6. The van der Waals surface area contributed by atoms with E-state index in [0.717, 1.165) is 11.1 Å². The van der Waals surface area contributed by atoms with E-state index in [2.05, 4.69) is 25.9 Å². The highest BCUT2D eigenvalue weighted by Crippen LogP contribution is 2.32. The summed E-state index contributed by atoms with van der Waals surface area (Å²) in [6.07, 6.45) is 1.47. The molecule has 0 saturated carbocycles. The van der Waals surface area contributed by atoms with E-state index in [1.54, 1.807) is 62.8 Å². The molecule has 8 nitrogen and oxygen atoms in total. The van der Waals surface area contributed by atoms with Gasteiger partial charge >= 0.3 is 6.03 Å². The average molecular weight is 484 g/mol. The lowest BCUT2D eigenvalue weighted by molar-refractivity contribution is 0.262. The van der Waals surface area contributed by atoms with Gasteiger partial charge in [0.05, 0.1) is 29.8 Å². The molecule has 0 spiro atoms. The van der Waals surface area contributed by atoms with Crippen LogP contribution in [0.4, 0.5) is 27.7 Å². The largest absolute Gasteiger partial charge is 0.493 e. The van der Waals surface area contributed by atoms with E-state index in [1.807, 2.05) is 6.07 Å². The molecule has 168 valence electrons. The number of amides is 2. The molecular formula is C23H19Cl2N5O3. The van der Waals surface area contributed by atoms with Gasteiger partial charge in [0, 0.05) is 28.5 Å². The zero-order valence-electron chi connectivity index (χ0n) is 17.6. The van der Waals surface area contributed by atoms with Crippen LogP contribution in [-0.2, 0) is 0 Å². The third kappa shape index (κ3) is 5.19. The van der Waals surface area contributed by atoms with Gasteiger partial charge in [-0.05, 0) is 48.5 Å². The Morgan fingerprint density at radius 2 is 1.48 bits per heavy atom. The lowest BCUT2D eigenvalue weighted by Crippen LogP contribution is -2.19. The Balaban J connectivity index is 1.56. The number of anilines is 4. The summed E-state index contributed by atoms with van der Waals surface area (Å²) in [5, 5.41) is 10.3. The highest BCUT2D eigenvalue weighted by molar-refractivity contribution is 6.42. The number of benzene rings is 3. The van der Waals surface area contributed by atoms with E-state index in [-0.39, 0.29) is 0 Å². The molecule has 0 aliphatic rings. The predicted octanol–water partition coefficient (Wildman–Crippen LogP) is 6.34. The van der Waals surface area contributed by atoms with E-state index in [0.29, 0.717) is 44.3 Å². The maximum Gasteiger partial charge on any atom is 0.323 e. The molecule has 2 amide bonds. The highest BCUT2D eigenvalue weighted by atomic mass is 35.5. The number of fused-ring (bicyclic) bond motifs is 1. The topological polar surface area (TPSA) is 97.4 Å². The summed E-state index contributed by atoms with van der Waals surface area (Å²) in [4.78, 5) is 21.1. The number of nitrogens with one attached hydrogen (secondary N) is 3. The van der Waals surface area contributed by atoms with Crippen LogP contribution in [-0.4, -0.2) is 30.2 Å². The van der Waals surface area contributed by atoms with Gasteiger partial charge in [-0.2, -0.15) is 0 Å².